The maximum absolute atomic E-state index is 13.3. The van der Waals surface area contributed by atoms with Crippen molar-refractivity contribution in [3.63, 3.8) is 0 Å². The molecule has 0 bridgehead atoms. The zero-order chi connectivity index (χ0) is 20.4. The van der Waals surface area contributed by atoms with E-state index < -0.39 is 16.0 Å². The lowest BCUT2D eigenvalue weighted by atomic mass is 10.3. The van der Waals surface area contributed by atoms with Gasteiger partial charge in [0.2, 0.25) is 10.0 Å². The first-order valence-corrected chi connectivity index (χ1v) is 11.4. The Morgan fingerprint density at radius 3 is 2.45 bits per heavy atom. The van der Waals surface area contributed by atoms with E-state index in [1.54, 1.807) is 12.3 Å². The number of carboxylic acids is 1. The van der Waals surface area contributed by atoms with Crippen molar-refractivity contribution in [1.29, 1.82) is 0 Å². The van der Waals surface area contributed by atoms with E-state index >= 15 is 0 Å². The lowest BCUT2D eigenvalue weighted by molar-refractivity contribution is 0.0702. The second-order valence-corrected chi connectivity index (χ2v) is 9.56. The Bertz CT molecular complexity index is 982. The Kier molecular flexibility index (Phi) is 5.67. The molecule has 0 saturated carbocycles. The van der Waals surface area contributed by atoms with Crippen LogP contribution < -0.4 is 9.80 Å². The van der Waals surface area contributed by atoms with Crippen molar-refractivity contribution < 1.29 is 23.1 Å². The molecule has 0 unspecified atom stereocenters. The molecule has 0 spiro atoms. The lowest BCUT2D eigenvalue weighted by Crippen LogP contribution is -2.49. The zero-order valence-electron chi connectivity index (χ0n) is 15.6. The van der Waals surface area contributed by atoms with Crippen molar-refractivity contribution in [3.05, 3.63) is 29.5 Å². The number of thiazole rings is 1. The van der Waals surface area contributed by atoms with Gasteiger partial charge in [0.1, 0.15) is 9.77 Å². The number of aromatic carboxylic acids is 1. The highest BCUT2D eigenvalue weighted by molar-refractivity contribution is 7.89. The fourth-order valence-corrected chi connectivity index (χ4v) is 5.79. The Morgan fingerprint density at radius 2 is 1.79 bits per heavy atom. The number of nitrogens with zero attached hydrogens (tertiary/aromatic N) is 5. The van der Waals surface area contributed by atoms with Crippen LogP contribution in [0, 0.1) is 0 Å². The molecule has 0 amide bonds. The van der Waals surface area contributed by atoms with Crippen molar-refractivity contribution in [2.24, 2.45) is 0 Å². The predicted octanol–water partition coefficient (Wildman–Crippen LogP) is 0.584. The van der Waals surface area contributed by atoms with Crippen LogP contribution in [0.4, 0.5) is 10.8 Å². The SMILES string of the molecule is O=C(O)c1cnc(N2CCN(S(=O)(=O)c3cnccc3N3CCOCC3)CC2)s1. The van der Waals surface area contributed by atoms with Gasteiger partial charge in [0.05, 0.1) is 25.1 Å². The number of morpholine rings is 1. The molecule has 4 heterocycles. The van der Waals surface area contributed by atoms with E-state index in [0.717, 1.165) is 11.3 Å². The van der Waals surface area contributed by atoms with Gasteiger partial charge in [0.25, 0.3) is 0 Å². The largest absolute Gasteiger partial charge is 0.477 e. The molecule has 2 saturated heterocycles. The van der Waals surface area contributed by atoms with Crippen LogP contribution in [-0.2, 0) is 14.8 Å². The number of aromatic nitrogens is 2. The molecule has 0 aliphatic carbocycles. The monoisotopic (exact) mass is 439 g/mol. The van der Waals surface area contributed by atoms with Crippen LogP contribution in [0.5, 0.6) is 0 Å². The van der Waals surface area contributed by atoms with Gasteiger partial charge in [-0.25, -0.2) is 18.2 Å². The molecule has 29 heavy (non-hydrogen) atoms. The number of sulfonamides is 1. The molecule has 2 fully saturated rings. The summed E-state index contributed by atoms with van der Waals surface area (Å²) >= 11 is 1.09. The first kappa shape index (κ1) is 20.0. The minimum absolute atomic E-state index is 0.167. The van der Waals surface area contributed by atoms with E-state index in [9.17, 15) is 13.2 Å². The molecular weight excluding hydrogens is 418 g/mol. The van der Waals surface area contributed by atoms with Crippen molar-refractivity contribution in [2.75, 3.05) is 62.3 Å². The van der Waals surface area contributed by atoms with Crippen molar-refractivity contribution >= 4 is 38.1 Å². The molecule has 2 aromatic rings. The van der Waals surface area contributed by atoms with Gasteiger partial charge in [0.15, 0.2) is 5.13 Å². The topological polar surface area (TPSA) is 116 Å². The van der Waals surface area contributed by atoms with Crippen LogP contribution in [-0.4, -0.2) is 86.2 Å². The van der Waals surface area contributed by atoms with Gasteiger partial charge < -0.3 is 19.6 Å². The third-order valence-electron chi connectivity index (χ3n) is 4.95. The van der Waals surface area contributed by atoms with E-state index in [4.69, 9.17) is 9.84 Å². The highest BCUT2D eigenvalue weighted by Gasteiger charge is 2.32. The standard InChI is InChI=1S/C17H21N5O5S2/c23-16(24)14-11-19-17(28-14)21-3-5-22(6-4-21)29(25,26)15-12-18-2-1-13(15)20-7-9-27-10-8-20/h1-2,11-12H,3-10H2,(H,23,24). The highest BCUT2D eigenvalue weighted by atomic mass is 32.2. The molecule has 2 aromatic heterocycles. The summed E-state index contributed by atoms with van der Waals surface area (Å²) in [5.74, 6) is -1.01. The van der Waals surface area contributed by atoms with Crippen molar-refractivity contribution in [3.8, 4) is 0 Å². The van der Waals surface area contributed by atoms with Gasteiger partial charge in [0, 0.05) is 51.7 Å². The number of anilines is 2. The van der Waals surface area contributed by atoms with Gasteiger partial charge in [-0.05, 0) is 6.07 Å². The van der Waals surface area contributed by atoms with E-state index in [1.165, 1.54) is 16.7 Å². The van der Waals surface area contributed by atoms with E-state index in [2.05, 4.69) is 9.97 Å². The Labute approximate surface area is 172 Å². The fraction of sp³-hybridized carbons (Fsp3) is 0.471. The quantitative estimate of drug-likeness (QED) is 0.714. The lowest BCUT2D eigenvalue weighted by Gasteiger charge is -2.35. The van der Waals surface area contributed by atoms with E-state index in [1.807, 2.05) is 9.80 Å². The summed E-state index contributed by atoms with van der Waals surface area (Å²) in [6.45, 7) is 3.87. The molecule has 10 nitrogen and oxygen atoms in total. The number of ether oxygens (including phenoxy) is 1. The smallest absolute Gasteiger partial charge is 0.347 e. The van der Waals surface area contributed by atoms with Crippen LogP contribution in [0.15, 0.2) is 29.6 Å². The predicted molar refractivity (Wildman–Crippen MR) is 107 cm³/mol. The van der Waals surface area contributed by atoms with Crippen LogP contribution in [0.3, 0.4) is 0 Å². The molecule has 0 aromatic carbocycles. The molecule has 2 aliphatic rings. The van der Waals surface area contributed by atoms with Crippen LogP contribution in [0.2, 0.25) is 0 Å². The number of hydrogen-bond donors (Lipinski definition) is 1. The average molecular weight is 440 g/mol. The molecule has 0 atom stereocenters. The third-order valence-corrected chi connectivity index (χ3v) is 7.91. The van der Waals surface area contributed by atoms with E-state index in [-0.39, 0.29) is 9.77 Å². The van der Waals surface area contributed by atoms with E-state index in [0.29, 0.717) is 63.3 Å². The van der Waals surface area contributed by atoms with Crippen LogP contribution >= 0.6 is 11.3 Å². The number of hydrogen-bond acceptors (Lipinski definition) is 9. The number of rotatable bonds is 5. The second-order valence-electron chi connectivity index (χ2n) is 6.65. The molecule has 12 heteroatoms. The van der Waals surface area contributed by atoms with Gasteiger partial charge in [-0.1, -0.05) is 11.3 Å². The molecule has 0 radical (unpaired) electrons. The highest BCUT2D eigenvalue weighted by Crippen LogP contribution is 2.29. The number of piperazine rings is 1. The first-order chi connectivity index (χ1) is 14.0. The molecule has 156 valence electrons. The fourth-order valence-electron chi connectivity index (χ4n) is 3.41. The van der Waals surface area contributed by atoms with Gasteiger partial charge >= 0.3 is 5.97 Å². The summed E-state index contributed by atoms with van der Waals surface area (Å²) in [5, 5.41) is 9.64. The number of pyridine rings is 1. The third kappa shape index (κ3) is 4.06. The van der Waals surface area contributed by atoms with Crippen LogP contribution in [0.1, 0.15) is 9.67 Å². The Hall–Kier alpha value is -2.28. The Morgan fingerprint density at radius 1 is 1.07 bits per heavy atom. The van der Waals surface area contributed by atoms with Gasteiger partial charge in [-0.2, -0.15) is 4.31 Å². The maximum atomic E-state index is 13.3. The minimum atomic E-state index is -3.71. The second kappa shape index (κ2) is 8.22. The normalized spacial score (nSPS) is 18.8. The summed E-state index contributed by atoms with van der Waals surface area (Å²) in [5.41, 5.74) is 0.650. The summed E-state index contributed by atoms with van der Waals surface area (Å²) in [6, 6.07) is 1.73. The maximum Gasteiger partial charge on any atom is 0.347 e. The summed E-state index contributed by atoms with van der Waals surface area (Å²) in [7, 11) is -3.71. The molecule has 4 rings (SSSR count). The summed E-state index contributed by atoms with van der Waals surface area (Å²) < 4.78 is 33.4. The zero-order valence-corrected chi connectivity index (χ0v) is 17.2. The Balaban J connectivity index is 1.50. The van der Waals surface area contributed by atoms with Gasteiger partial charge in [-0.15, -0.1) is 0 Å². The summed E-state index contributed by atoms with van der Waals surface area (Å²) in [4.78, 5) is 23.5. The minimum Gasteiger partial charge on any atom is -0.477 e. The molecule has 1 N–H and O–H groups in total. The van der Waals surface area contributed by atoms with Gasteiger partial charge in [-0.3, -0.25) is 4.98 Å². The van der Waals surface area contributed by atoms with Crippen LogP contribution in [0.25, 0.3) is 0 Å². The van der Waals surface area contributed by atoms with Crippen molar-refractivity contribution in [1.82, 2.24) is 14.3 Å². The number of carboxylic acid groups (broad SMARTS) is 1. The first-order valence-electron chi connectivity index (χ1n) is 9.18. The molecular formula is C17H21N5O5S2. The van der Waals surface area contributed by atoms with Crippen molar-refractivity contribution in [2.45, 2.75) is 4.90 Å². The summed E-state index contributed by atoms with van der Waals surface area (Å²) in [6.07, 6.45) is 4.34. The average Bonchev–Trinajstić information content (AvgIpc) is 3.25. The molecule has 2 aliphatic heterocycles. The number of carbonyl (C=O) groups is 1.